The fraction of sp³-hybridized carbons (Fsp3) is 0.520. The molecule has 196 valence electrons. The molecule has 0 saturated carbocycles. The monoisotopic (exact) mass is 517 g/mol. The van der Waals surface area contributed by atoms with Crippen LogP contribution in [0.1, 0.15) is 31.5 Å². The SMILES string of the molecule is CCCc1c(C)n(C)c2c(=O)[nH]c(-c3cc(S(=O)(=O)N4CCN(CCO)CC4)ccc3OCC)nc12. The lowest BCUT2D eigenvalue weighted by molar-refractivity contribution is 0.151. The van der Waals surface area contributed by atoms with Crippen molar-refractivity contribution in [2.75, 3.05) is 45.9 Å². The van der Waals surface area contributed by atoms with Gasteiger partial charge in [-0.1, -0.05) is 13.3 Å². The Hall–Kier alpha value is -2.73. The summed E-state index contributed by atoms with van der Waals surface area (Å²) in [7, 11) is -1.92. The number of aromatic nitrogens is 3. The highest BCUT2D eigenvalue weighted by molar-refractivity contribution is 7.89. The molecule has 0 aliphatic carbocycles. The van der Waals surface area contributed by atoms with E-state index < -0.39 is 10.0 Å². The van der Waals surface area contributed by atoms with Gasteiger partial charge in [0.1, 0.15) is 17.1 Å². The number of nitrogens with one attached hydrogen (secondary N) is 1. The second kappa shape index (κ2) is 10.7. The van der Waals surface area contributed by atoms with Crippen LogP contribution in [0.25, 0.3) is 22.4 Å². The molecule has 0 unspecified atom stereocenters. The Morgan fingerprint density at radius 2 is 1.89 bits per heavy atom. The summed E-state index contributed by atoms with van der Waals surface area (Å²) in [5.41, 5.74) is 3.29. The molecule has 0 spiro atoms. The van der Waals surface area contributed by atoms with E-state index in [-0.39, 0.29) is 22.9 Å². The van der Waals surface area contributed by atoms with Gasteiger partial charge in [-0.05, 0) is 44.0 Å². The van der Waals surface area contributed by atoms with Gasteiger partial charge in [-0.3, -0.25) is 9.69 Å². The average molecular weight is 518 g/mol. The first-order valence-corrected chi connectivity index (χ1v) is 13.9. The highest BCUT2D eigenvalue weighted by atomic mass is 32.2. The second-order valence-corrected chi connectivity index (χ2v) is 11.0. The van der Waals surface area contributed by atoms with Crippen molar-refractivity contribution >= 4 is 21.1 Å². The fourth-order valence-electron chi connectivity index (χ4n) is 4.83. The van der Waals surface area contributed by atoms with E-state index in [0.29, 0.717) is 61.7 Å². The maximum absolute atomic E-state index is 13.5. The standard InChI is InChI=1S/C25H35N5O5S/c1-5-7-19-17(3)28(4)23-22(19)26-24(27-25(23)32)20-16-18(8-9-21(20)35-6-2)36(33,34)30-12-10-29(11-13-30)14-15-31/h8-9,16,31H,5-7,10-15H2,1-4H3,(H,26,27,32). The number of benzene rings is 1. The summed E-state index contributed by atoms with van der Waals surface area (Å²) in [4.78, 5) is 23.0. The molecule has 0 radical (unpaired) electrons. The quantitative estimate of drug-likeness (QED) is 0.445. The van der Waals surface area contributed by atoms with Gasteiger partial charge in [0.15, 0.2) is 0 Å². The fourth-order valence-corrected chi connectivity index (χ4v) is 6.28. The van der Waals surface area contributed by atoms with E-state index in [0.717, 1.165) is 24.1 Å². The molecular weight excluding hydrogens is 482 g/mol. The molecule has 0 amide bonds. The van der Waals surface area contributed by atoms with Crippen molar-refractivity contribution in [3.05, 3.63) is 39.8 Å². The van der Waals surface area contributed by atoms with Crippen molar-refractivity contribution in [2.45, 2.75) is 38.5 Å². The number of aliphatic hydroxyl groups excluding tert-OH is 1. The van der Waals surface area contributed by atoms with Crippen molar-refractivity contribution in [2.24, 2.45) is 7.05 Å². The van der Waals surface area contributed by atoms with Crippen LogP contribution >= 0.6 is 0 Å². The summed E-state index contributed by atoms with van der Waals surface area (Å²) in [5, 5.41) is 9.16. The number of hydrogen-bond donors (Lipinski definition) is 2. The van der Waals surface area contributed by atoms with Crippen molar-refractivity contribution in [1.29, 1.82) is 0 Å². The molecule has 4 rings (SSSR count). The zero-order valence-electron chi connectivity index (χ0n) is 21.4. The van der Waals surface area contributed by atoms with Crippen LogP contribution in [-0.2, 0) is 23.5 Å². The Balaban J connectivity index is 1.80. The molecule has 1 aliphatic heterocycles. The second-order valence-electron chi connectivity index (χ2n) is 9.05. The molecule has 1 saturated heterocycles. The van der Waals surface area contributed by atoms with Crippen LogP contribution in [0.15, 0.2) is 27.9 Å². The molecule has 1 fully saturated rings. The van der Waals surface area contributed by atoms with Crippen LogP contribution in [-0.4, -0.2) is 83.2 Å². The molecule has 3 heterocycles. The average Bonchev–Trinajstić information content (AvgIpc) is 3.10. The molecular formula is C25H35N5O5S. The van der Waals surface area contributed by atoms with Gasteiger partial charge in [-0.2, -0.15) is 4.31 Å². The van der Waals surface area contributed by atoms with Gasteiger partial charge in [0.2, 0.25) is 10.0 Å². The number of H-pyrrole nitrogens is 1. The summed E-state index contributed by atoms with van der Waals surface area (Å²) in [6, 6.07) is 4.71. The lowest BCUT2D eigenvalue weighted by Crippen LogP contribution is -2.49. The number of sulfonamides is 1. The van der Waals surface area contributed by atoms with E-state index in [2.05, 4.69) is 11.9 Å². The number of aryl methyl sites for hydroxylation is 2. The summed E-state index contributed by atoms with van der Waals surface area (Å²) in [5.74, 6) is 0.736. The molecule has 0 bridgehead atoms. The Bertz CT molecular complexity index is 1400. The van der Waals surface area contributed by atoms with Crippen molar-refractivity contribution in [1.82, 2.24) is 23.7 Å². The molecule has 3 aromatic rings. The van der Waals surface area contributed by atoms with Crippen LogP contribution in [0.3, 0.4) is 0 Å². The molecule has 1 aromatic carbocycles. The number of aromatic amines is 1. The maximum atomic E-state index is 13.5. The lowest BCUT2D eigenvalue weighted by Gasteiger charge is -2.33. The van der Waals surface area contributed by atoms with Gasteiger partial charge in [0.25, 0.3) is 5.56 Å². The molecule has 0 atom stereocenters. The van der Waals surface area contributed by atoms with Crippen LogP contribution in [0.4, 0.5) is 0 Å². The predicted molar refractivity (Wildman–Crippen MR) is 139 cm³/mol. The number of β-amino-alcohol motifs (C(OH)–C–C–N with tert-alkyl or cyclic N) is 1. The number of nitrogens with zero attached hydrogens (tertiary/aromatic N) is 4. The largest absolute Gasteiger partial charge is 0.493 e. The highest BCUT2D eigenvalue weighted by Crippen LogP contribution is 2.33. The normalized spacial score (nSPS) is 15.6. The van der Waals surface area contributed by atoms with Crippen LogP contribution in [0.2, 0.25) is 0 Å². The van der Waals surface area contributed by atoms with Crippen molar-refractivity contribution in [3.63, 3.8) is 0 Å². The van der Waals surface area contributed by atoms with Gasteiger partial charge in [0, 0.05) is 45.5 Å². The van der Waals surface area contributed by atoms with Crippen molar-refractivity contribution < 1.29 is 18.3 Å². The Labute approximate surface area is 211 Å². The zero-order valence-corrected chi connectivity index (χ0v) is 22.2. The Morgan fingerprint density at radius 1 is 1.17 bits per heavy atom. The van der Waals surface area contributed by atoms with Crippen LogP contribution in [0, 0.1) is 6.92 Å². The minimum absolute atomic E-state index is 0.0471. The number of fused-ring (bicyclic) bond motifs is 1. The maximum Gasteiger partial charge on any atom is 0.275 e. The number of piperazine rings is 1. The van der Waals surface area contributed by atoms with Crippen LogP contribution in [0.5, 0.6) is 5.75 Å². The summed E-state index contributed by atoms with van der Waals surface area (Å²) in [6.07, 6.45) is 1.70. The first-order valence-electron chi connectivity index (χ1n) is 12.4. The third-order valence-corrected chi connectivity index (χ3v) is 8.74. The predicted octanol–water partition coefficient (Wildman–Crippen LogP) is 1.89. The van der Waals surface area contributed by atoms with E-state index in [1.54, 1.807) is 12.1 Å². The first kappa shape index (κ1) is 26.3. The van der Waals surface area contributed by atoms with E-state index in [1.807, 2.05) is 30.4 Å². The smallest absolute Gasteiger partial charge is 0.275 e. The van der Waals surface area contributed by atoms with E-state index in [1.165, 1.54) is 10.4 Å². The minimum atomic E-state index is -3.77. The molecule has 2 N–H and O–H groups in total. The number of aliphatic hydroxyl groups is 1. The van der Waals surface area contributed by atoms with Gasteiger partial charge in [-0.25, -0.2) is 13.4 Å². The molecule has 1 aliphatic rings. The first-order chi connectivity index (χ1) is 17.2. The number of hydrogen-bond acceptors (Lipinski definition) is 7. The molecule has 10 nitrogen and oxygen atoms in total. The Morgan fingerprint density at radius 3 is 2.53 bits per heavy atom. The van der Waals surface area contributed by atoms with Gasteiger partial charge in [0.05, 0.1) is 29.2 Å². The summed E-state index contributed by atoms with van der Waals surface area (Å²) >= 11 is 0. The van der Waals surface area contributed by atoms with Gasteiger partial charge < -0.3 is 19.4 Å². The highest BCUT2D eigenvalue weighted by Gasteiger charge is 2.29. The molecule has 36 heavy (non-hydrogen) atoms. The summed E-state index contributed by atoms with van der Waals surface area (Å²) < 4.78 is 36.1. The van der Waals surface area contributed by atoms with Gasteiger partial charge >= 0.3 is 0 Å². The Kier molecular flexibility index (Phi) is 7.84. The van der Waals surface area contributed by atoms with Gasteiger partial charge in [-0.15, -0.1) is 0 Å². The van der Waals surface area contributed by atoms with E-state index >= 15 is 0 Å². The summed E-state index contributed by atoms with van der Waals surface area (Å²) in [6.45, 7) is 8.66. The van der Waals surface area contributed by atoms with E-state index in [4.69, 9.17) is 14.8 Å². The minimum Gasteiger partial charge on any atom is -0.493 e. The number of rotatable bonds is 9. The molecule has 2 aromatic heterocycles. The topological polar surface area (TPSA) is 121 Å². The van der Waals surface area contributed by atoms with E-state index in [9.17, 15) is 13.2 Å². The third-order valence-electron chi connectivity index (χ3n) is 6.85. The zero-order chi connectivity index (χ0) is 26.0. The number of ether oxygens (including phenoxy) is 1. The molecule has 11 heteroatoms. The lowest BCUT2D eigenvalue weighted by atomic mass is 10.1. The van der Waals surface area contributed by atoms with Crippen molar-refractivity contribution in [3.8, 4) is 17.1 Å². The van der Waals surface area contributed by atoms with Crippen LogP contribution < -0.4 is 10.3 Å². The third kappa shape index (κ3) is 4.80.